The summed E-state index contributed by atoms with van der Waals surface area (Å²) in [5.74, 6) is 1.43. The van der Waals surface area contributed by atoms with E-state index in [2.05, 4.69) is 39.8 Å². The summed E-state index contributed by atoms with van der Waals surface area (Å²) in [6.07, 6.45) is 3.53. The minimum absolute atomic E-state index is 0.206. The van der Waals surface area contributed by atoms with Gasteiger partial charge in [-0.1, -0.05) is 38.5 Å². The third kappa shape index (κ3) is 5.00. The highest BCUT2D eigenvalue weighted by Crippen LogP contribution is 2.51. The van der Waals surface area contributed by atoms with E-state index in [1.165, 1.54) is 11.1 Å². The lowest BCUT2D eigenvalue weighted by molar-refractivity contribution is -0.245. The van der Waals surface area contributed by atoms with Crippen LogP contribution in [0.25, 0.3) is 0 Å². The molecule has 180 valence electrons. The molecule has 32 heavy (non-hydrogen) atoms. The van der Waals surface area contributed by atoms with E-state index in [-0.39, 0.29) is 11.7 Å². The summed E-state index contributed by atoms with van der Waals surface area (Å²) in [5, 5.41) is 31.8. The van der Waals surface area contributed by atoms with Crippen molar-refractivity contribution in [2.45, 2.75) is 111 Å². The van der Waals surface area contributed by atoms with Crippen LogP contribution in [-0.4, -0.2) is 39.9 Å². The second-order valence-electron chi connectivity index (χ2n) is 10.5. The number of rotatable bonds is 6. The average molecular weight is 447 g/mol. The van der Waals surface area contributed by atoms with E-state index >= 15 is 0 Å². The highest BCUT2D eigenvalue weighted by molar-refractivity contribution is 5.57. The van der Waals surface area contributed by atoms with Gasteiger partial charge >= 0.3 is 0 Å². The number of ether oxygens (including phenoxy) is 2. The van der Waals surface area contributed by atoms with Crippen molar-refractivity contribution in [3.8, 4) is 11.5 Å². The lowest BCUT2D eigenvalue weighted by atomic mass is 9.70. The molecule has 1 fully saturated rings. The lowest BCUT2D eigenvalue weighted by Gasteiger charge is -2.40. The Balaban J connectivity index is 1.89. The Morgan fingerprint density at radius 1 is 1.19 bits per heavy atom. The van der Waals surface area contributed by atoms with E-state index < -0.39 is 30.5 Å². The molecule has 0 aromatic heterocycles. The molecule has 0 bridgehead atoms. The molecular weight excluding hydrogens is 404 g/mol. The fourth-order valence-corrected chi connectivity index (χ4v) is 5.37. The van der Waals surface area contributed by atoms with Crippen molar-refractivity contribution in [3.63, 3.8) is 0 Å². The Bertz CT molecular complexity index is 828. The van der Waals surface area contributed by atoms with Crippen molar-refractivity contribution in [3.05, 3.63) is 34.4 Å². The number of aryl methyl sites for hydroxylation is 1. The first-order chi connectivity index (χ1) is 15.0. The zero-order valence-electron chi connectivity index (χ0n) is 20.8. The predicted molar refractivity (Wildman–Crippen MR) is 127 cm³/mol. The van der Waals surface area contributed by atoms with Gasteiger partial charge in [0.05, 0.1) is 12.2 Å². The normalized spacial score (nSPS) is 33.3. The van der Waals surface area contributed by atoms with E-state index in [0.717, 1.165) is 36.8 Å². The second kappa shape index (κ2) is 10.1. The monoisotopic (exact) mass is 446 g/mol. The molecule has 3 rings (SSSR count). The summed E-state index contributed by atoms with van der Waals surface area (Å²) < 4.78 is 12.0. The molecule has 5 nitrogen and oxygen atoms in total. The molecule has 1 saturated heterocycles. The molecule has 1 heterocycles. The number of phenolic OH excluding ortho intramolecular Hbond substituents is 1. The zero-order chi connectivity index (χ0) is 23.7. The maximum Gasteiger partial charge on any atom is 0.205 e. The quantitative estimate of drug-likeness (QED) is 0.500. The third-order valence-corrected chi connectivity index (χ3v) is 7.56. The number of aromatic hydroxyl groups is 1. The average Bonchev–Trinajstić information content (AvgIpc) is 2.72. The van der Waals surface area contributed by atoms with Crippen LogP contribution < -0.4 is 4.74 Å². The molecule has 1 aliphatic heterocycles. The maximum absolute atomic E-state index is 11.3. The fraction of sp³-hybridized carbons (Fsp3) is 0.704. The summed E-state index contributed by atoms with van der Waals surface area (Å²) in [5.41, 5.74) is 4.47. The molecule has 5 unspecified atom stereocenters. The number of allylic oxidation sites excluding steroid dienone is 2. The Kier molecular flexibility index (Phi) is 7.95. The van der Waals surface area contributed by atoms with E-state index in [1.54, 1.807) is 13.8 Å². The summed E-state index contributed by atoms with van der Waals surface area (Å²) in [6.45, 7) is 14.3. The Hall–Kier alpha value is -1.56. The van der Waals surface area contributed by atoms with Crippen LogP contribution in [-0.2, 0) is 4.74 Å². The van der Waals surface area contributed by atoms with Gasteiger partial charge in [0.1, 0.15) is 6.10 Å². The van der Waals surface area contributed by atoms with E-state index in [9.17, 15) is 15.3 Å². The minimum atomic E-state index is -0.948. The van der Waals surface area contributed by atoms with Crippen molar-refractivity contribution in [2.24, 2.45) is 11.8 Å². The molecule has 0 amide bonds. The van der Waals surface area contributed by atoms with Crippen LogP contribution in [0.15, 0.2) is 17.7 Å². The van der Waals surface area contributed by atoms with Crippen LogP contribution in [0.4, 0.5) is 0 Å². The number of phenols is 1. The van der Waals surface area contributed by atoms with Gasteiger partial charge in [-0.05, 0) is 82.3 Å². The molecule has 1 aliphatic carbocycles. The Labute approximate surface area is 193 Å². The van der Waals surface area contributed by atoms with Crippen molar-refractivity contribution in [2.75, 3.05) is 0 Å². The first-order valence-electron chi connectivity index (χ1n) is 12.2. The molecule has 5 heteroatoms. The number of aliphatic hydroxyl groups excluding tert-OH is 2. The molecule has 2 aliphatic rings. The van der Waals surface area contributed by atoms with E-state index in [4.69, 9.17) is 9.47 Å². The molecule has 0 radical (unpaired) electrons. The third-order valence-electron chi connectivity index (χ3n) is 7.56. The highest BCUT2D eigenvalue weighted by atomic mass is 16.7. The predicted octanol–water partition coefficient (Wildman–Crippen LogP) is 5.55. The summed E-state index contributed by atoms with van der Waals surface area (Å²) in [6, 6.07) is 2.18. The van der Waals surface area contributed by atoms with Gasteiger partial charge in [-0.15, -0.1) is 0 Å². The van der Waals surface area contributed by atoms with Crippen LogP contribution >= 0.6 is 0 Å². The molecule has 0 saturated carbocycles. The van der Waals surface area contributed by atoms with Gasteiger partial charge in [0.15, 0.2) is 11.5 Å². The highest BCUT2D eigenvalue weighted by Gasteiger charge is 2.42. The number of aliphatic hydroxyl groups is 2. The van der Waals surface area contributed by atoms with Gasteiger partial charge in [-0.25, -0.2) is 0 Å². The fourth-order valence-electron chi connectivity index (χ4n) is 5.37. The molecule has 0 spiro atoms. The maximum atomic E-state index is 11.3. The Morgan fingerprint density at radius 2 is 1.88 bits per heavy atom. The number of hydrogen-bond acceptors (Lipinski definition) is 5. The van der Waals surface area contributed by atoms with Crippen molar-refractivity contribution in [1.82, 2.24) is 0 Å². The van der Waals surface area contributed by atoms with Crippen molar-refractivity contribution in [1.29, 1.82) is 0 Å². The van der Waals surface area contributed by atoms with Crippen LogP contribution in [0, 0.1) is 18.8 Å². The first kappa shape index (κ1) is 25.1. The smallest absolute Gasteiger partial charge is 0.205 e. The van der Waals surface area contributed by atoms with Crippen LogP contribution in [0.3, 0.4) is 0 Å². The van der Waals surface area contributed by atoms with Crippen molar-refractivity contribution >= 4 is 0 Å². The topological polar surface area (TPSA) is 79.2 Å². The standard InChI is InChI=1S/C27H42O5/c1-14(2)9-8-10-15(3)20-12-11-16(4)22-21(20)13-17(5)26(25(22)30)32-27-18(6)23(28)24(29)19(7)31-27/h9,13,15-16,18-20,23-24,27-30H,8,10-12H2,1-7H3/t15-,16-,18?,19?,20+,23?,24?,27?/m0/s1. The summed E-state index contributed by atoms with van der Waals surface area (Å²) in [4.78, 5) is 0. The summed E-state index contributed by atoms with van der Waals surface area (Å²) in [7, 11) is 0. The molecule has 1 aromatic rings. The van der Waals surface area contributed by atoms with Crippen LogP contribution in [0.2, 0.25) is 0 Å². The second-order valence-corrected chi connectivity index (χ2v) is 10.5. The minimum Gasteiger partial charge on any atom is -0.504 e. The largest absolute Gasteiger partial charge is 0.504 e. The number of hydrogen-bond donors (Lipinski definition) is 3. The van der Waals surface area contributed by atoms with Gasteiger partial charge in [0.2, 0.25) is 6.29 Å². The van der Waals surface area contributed by atoms with Crippen LogP contribution in [0.5, 0.6) is 11.5 Å². The molecule has 1 aromatic carbocycles. The molecule has 8 atom stereocenters. The lowest BCUT2D eigenvalue weighted by Crippen LogP contribution is -2.54. The van der Waals surface area contributed by atoms with E-state index in [1.807, 2.05) is 6.92 Å². The summed E-state index contributed by atoms with van der Waals surface area (Å²) >= 11 is 0. The molecular formula is C27H42O5. The van der Waals surface area contributed by atoms with Gasteiger partial charge in [0.25, 0.3) is 0 Å². The van der Waals surface area contributed by atoms with Crippen LogP contribution in [0.1, 0.15) is 95.8 Å². The van der Waals surface area contributed by atoms with Gasteiger partial charge in [-0.2, -0.15) is 0 Å². The SMILES string of the molecule is CC(C)=CCC[C@H](C)[C@H]1CC[C@H](C)c2c1cc(C)c(OC1OC(C)C(O)C(O)C1C)c2O. The van der Waals surface area contributed by atoms with Crippen molar-refractivity contribution < 1.29 is 24.8 Å². The van der Waals surface area contributed by atoms with Gasteiger partial charge in [0, 0.05) is 11.5 Å². The number of fused-ring (bicyclic) bond motifs is 1. The van der Waals surface area contributed by atoms with E-state index in [0.29, 0.717) is 17.6 Å². The zero-order valence-corrected chi connectivity index (χ0v) is 20.8. The Morgan fingerprint density at radius 3 is 2.53 bits per heavy atom. The van der Waals surface area contributed by atoms with Gasteiger partial charge in [-0.3, -0.25) is 0 Å². The molecule has 3 N–H and O–H groups in total. The number of benzene rings is 1. The first-order valence-corrected chi connectivity index (χ1v) is 12.2. The van der Waals surface area contributed by atoms with Gasteiger partial charge < -0.3 is 24.8 Å².